The standard InChI is InChI=1S/C18H18N4O3/c1-10(2)15-17(22-8-4-5-14(23)16(22)19-15)21-20-13-9-12(18(24)25)7-6-11(13)3/h4-10,23H,1-3H3,(H,24,25). The lowest BCUT2D eigenvalue weighted by Gasteiger charge is -2.03. The molecule has 0 aliphatic rings. The second kappa shape index (κ2) is 6.35. The van der Waals surface area contributed by atoms with Crippen LogP contribution in [-0.2, 0) is 0 Å². The van der Waals surface area contributed by atoms with Gasteiger partial charge in [-0.25, -0.2) is 9.78 Å². The van der Waals surface area contributed by atoms with Crippen molar-refractivity contribution in [3.8, 4) is 5.75 Å². The highest BCUT2D eigenvalue weighted by Gasteiger charge is 2.17. The summed E-state index contributed by atoms with van der Waals surface area (Å²) in [5, 5.41) is 27.7. The largest absolute Gasteiger partial charge is 0.504 e. The van der Waals surface area contributed by atoms with Crippen molar-refractivity contribution in [2.75, 3.05) is 0 Å². The molecule has 0 radical (unpaired) electrons. The van der Waals surface area contributed by atoms with Gasteiger partial charge in [0, 0.05) is 6.20 Å². The molecule has 0 fully saturated rings. The lowest BCUT2D eigenvalue weighted by atomic mass is 10.1. The van der Waals surface area contributed by atoms with Crippen LogP contribution in [0.4, 0.5) is 11.5 Å². The van der Waals surface area contributed by atoms with Crippen molar-refractivity contribution in [2.45, 2.75) is 26.7 Å². The van der Waals surface area contributed by atoms with Crippen LogP contribution in [0.2, 0.25) is 0 Å². The molecule has 2 N–H and O–H groups in total. The van der Waals surface area contributed by atoms with Gasteiger partial charge in [-0.1, -0.05) is 19.9 Å². The van der Waals surface area contributed by atoms with E-state index in [1.54, 1.807) is 28.8 Å². The third-order valence-corrected chi connectivity index (χ3v) is 3.89. The first-order valence-electron chi connectivity index (χ1n) is 7.84. The fraction of sp³-hybridized carbons (Fsp3) is 0.222. The van der Waals surface area contributed by atoms with Crippen LogP contribution in [0.15, 0.2) is 46.8 Å². The predicted octanol–water partition coefficient (Wildman–Crippen LogP) is 4.59. The van der Waals surface area contributed by atoms with Crippen molar-refractivity contribution >= 4 is 23.1 Å². The molecule has 1 aromatic carbocycles. The van der Waals surface area contributed by atoms with Gasteiger partial charge >= 0.3 is 5.97 Å². The first-order chi connectivity index (χ1) is 11.9. The van der Waals surface area contributed by atoms with Crippen molar-refractivity contribution in [2.24, 2.45) is 10.2 Å². The number of rotatable bonds is 4. The fourth-order valence-electron chi connectivity index (χ4n) is 2.50. The highest BCUT2D eigenvalue weighted by Crippen LogP contribution is 2.32. The zero-order valence-electron chi connectivity index (χ0n) is 14.1. The van der Waals surface area contributed by atoms with Crippen molar-refractivity contribution in [1.82, 2.24) is 9.38 Å². The number of hydrogen-bond acceptors (Lipinski definition) is 5. The Kier molecular flexibility index (Phi) is 4.22. The molecule has 0 bridgehead atoms. The number of aromatic nitrogens is 2. The van der Waals surface area contributed by atoms with Crippen molar-refractivity contribution in [3.05, 3.63) is 53.3 Å². The van der Waals surface area contributed by atoms with Crippen molar-refractivity contribution in [3.63, 3.8) is 0 Å². The van der Waals surface area contributed by atoms with E-state index in [4.69, 9.17) is 5.11 Å². The van der Waals surface area contributed by atoms with Gasteiger partial charge in [0.2, 0.25) is 0 Å². The lowest BCUT2D eigenvalue weighted by Crippen LogP contribution is -1.95. The number of imidazole rings is 1. The molecule has 7 heteroatoms. The number of carboxylic acid groups (broad SMARTS) is 1. The van der Waals surface area contributed by atoms with Gasteiger partial charge in [0.1, 0.15) is 0 Å². The zero-order chi connectivity index (χ0) is 18.1. The third-order valence-electron chi connectivity index (χ3n) is 3.89. The third kappa shape index (κ3) is 3.08. The van der Waals surface area contributed by atoms with Crippen LogP contribution in [0.25, 0.3) is 5.65 Å². The number of carbonyl (C=O) groups is 1. The number of nitrogens with zero attached hydrogens (tertiary/aromatic N) is 4. The Balaban J connectivity index is 2.13. The number of azo groups is 1. The zero-order valence-corrected chi connectivity index (χ0v) is 14.1. The van der Waals surface area contributed by atoms with Crippen LogP contribution in [0, 0.1) is 6.92 Å². The van der Waals surface area contributed by atoms with Gasteiger partial charge in [-0.05, 0) is 42.7 Å². The number of pyridine rings is 1. The molecule has 25 heavy (non-hydrogen) atoms. The SMILES string of the molecule is Cc1ccc(C(=O)O)cc1N=Nc1c(C(C)C)nc2c(O)cccn12. The van der Waals surface area contributed by atoms with E-state index in [2.05, 4.69) is 15.2 Å². The minimum atomic E-state index is -1.01. The van der Waals surface area contributed by atoms with Gasteiger partial charge in [-0.2, -0.15) is 0 Å². The van der Waals surface area contributed by atoms with E-state index in [9.17, 15) is 9.90 Å². The van der Waals surface area contributed by atoms with E-state index in [0.717, 1.165) is 5.56 Å². The minimum Gasteiger partial charge on any atom is -0.504 e. The summed E-state index contributed by atoms with van der Waals surface area (Å²) in [6.45, 7) is 5.80. The summed E-state index contributed by atoms with van der Waals surface area (Å²) in [6, 6.07) is 7.97. The molecule has 2 heterocycles. The normalized spacial score (nSPS) is 11.7. The van der Waals surface area contributed by atoms with E-state index < -0.39 is 5.97 Å². The van der Waals surface area contributed by atoms with E-state index in [1.165, 1.54) is 12.1 Å². The summed E-state index contributed by atoms with van der Waals surface area (Å²) < 4.78 is 1.67. The van der Waals surface area contributed by atoms with Crippen LogP contribution < -0.4 is 0 Å². The number of aromatic carboxylic acids is 1. The Morgan fingerprint density at radius 2 is 2.00 bits per heavy atom. The Labute approximate surface area is 144 Å². The van der Waals surface area contributed by atoms with Crippen LogP contribution in [0.1, 0.15) is 41.4 Å². The molecular formula is C18H18N4O3. The second-order valence-electron chi connectivity index (χ2n) is 6.07. The molecule has 2 aromatic heterocycles. The first kappa shape index (κ1) is 16.6. The summed E-state index contributed by atoms with van der Waals surface area (Å²) in [7, 11) is 0. The average Bonchev–Trinajstić information content (AvgIpc) is 2.94. The second-order valence-corrected chi connectivity index (χ2v) is 6.07. The van der Waals surface area contributed by atoms with E-state index in [-0.39, 0.29) is 17.2 Å². The molecule has 0 unspecified atom stereocenters. The van der Waals surface area contributed by atoms with Gasteiger partial charge in [-0.3, -0.25) is 4.40 Å². The molecule has 0 spiro atoms. The predicted molar refractivity (Wildman–Crippen MR) is 93.3 cm³/mol. The number of aromatic hydroxyl groups is 1. The van der Waals surface area contributed by atoms with E-state index in [1.807, 2.05) is 20.8 Å². The average molecular weight is 338 g/mol. The maximum absolute atomic E-state index is 11.1. The van der Waals surface area contributed by atoms with Crippen molar-refractivity contribution < 1.29 is 15.0 Å². The molecule has 3 rings (SSSR count). The molecule has 0 atom stereocenters. The Bertz CT molecular complexity index is 989. The summed E-state index contributed by atoms with van der Waals surface area (Å²) in [5.74, 6) is -0.352. The summed E-state index contributed by atoms with van der Waals surface area (Å²) >= 11 is 0. The molecule has 7 nitrogen and oxygen atoms in total. The van der Waals surface area contributed by atoms with Crippen LogP contribution in [-0.4, -0.2) is 25.6 Å². The summed E-state index contributed by atoms with van der Waals surface area (Å²) in [6.07, 6.45) is 1.75. The molecular weight excluding hydrogens is 320 g/mol. The smallest absolute Gasteiger partial charge is 0.335 e. The van der Waals surface area contributed by atoms with Gasteiger partial charge in [0.05, 0.1) is 16.9 Å². The number of hydrogen-bond donors (Lipinski definition) is 2. The number of aryl methyl sites for hydroxylation is 1. The van der Waals surface area contributed by atoms with Gasteiger partial charge in [0.15, 0.2) is 17.2 Å². The van der Waals surface area contributed by atoms with Crippen LogP contribution >= 0.6 is 0 Å². The number of carboxylic acids is 1. The molecule has 0 saturated heterocycles. The van der Waals surface area contributed by atoms with Crippen LogP contribution in [0.3, 0.4) is 0 Å². The maximum atomic E-state index is 11.1. The Morgan fingerprint density at radius 1 is 1.24 bits per heavy atom. The summed E-state index contributed by atoms with van der Waals surface area (Å²) in [5.41, 5.74) is 2.56. The maximum Gasteiger partial charge on any atom is 0.335 e. The van der Waals surface area contributed by atoms with Gasteiger partial charge < -0.3 is 10.2 Å². The molecule has 0 amide bonds. The Hall–Kier alpha value is -3.22. The molecule has 0 saturated carbocycles. The quantitative estimate of drug-likeness (QED) is 0.680. The minimum absolute atomic E-state index is 0.0647. The molecule has 128 valence electrons. The van der Waals surface area contributed by atoms with Gasteiger partial charge in [0.25, 0.3) is 0 Å². The fourth-order valence-corrected chi connectivity index (χ4v) is 2.50. The number of benzene rings is 1. The topological polar surface area (TPSA) is 99.5 Å². The number of fused-ring (bicyclic) bond motifs is 1. The lowest BCUT2D eigenvalue weighted by molar-refractivity contribution is 0.0697. The van der Waals surface area contributed by atoms with Crippen molar-refractivity contribution in [1.29, 1.82) is 0 Å². The molecule has 0 aliphatic carbocycles. The highest BCUT2D eigenvalue weighted by atomic mass is 16.4. The summed E-state index contributed by atoms with van der Waals surface area (Å²) in [4.78, 5) is 15.6. The first-order valence-corrected chi connectivity index (χ1v) is 7.84. The molecule has 0 aliphatic heterocycles. The van der Waals surface area contributed by atoms with Gasteiger partial charge in [-0.15, -0.1) is 10.2 Å². The molecule has 3 aromatic rings. The monoisotopic (exact) mass is 338 g/mol. The van der Waals surface area contributed by atoms with Crippen LogP contribution in [0.5, 0.6) is 5.75 Å². The highest BCUT2D eigenvalue weighted by molar-refractivity contribution is 5.88. The van der Waals surface area contributed by atoms with E-state index >= 15 is 0 Å². The Morgan fingerprint density at radius 3 is 2.68 bits per heavy atom. The van der Waals surface area contributed by atoms with E-state index in [0.29, 0.717) is 22.8 Å².